The van der Waals surface area contributed by atoms with Gasteiger partial charge in [0.25, 0.3) is 0 Å². The SMILES string of the molecule is CC(C)[C@H](C)N[C@H]1CCc2ccccc21. The van der Waals surface area contributed by atoms with Crippen molar-refractivity contribution in [1.82, 2.24) is 5.32 Å². The third kappa shape index (κ3) is 2.23. The molecule has 0 bridgehead atoms. The van der Waals surface area contributed by atoms with Gasteiger partial charge in [0.05, 0.1) is 0 Å². The van der Waals surface area contributed by atoms with E-state index < -0.39 is 0 Å². The molecule has 0 saturated carbocycles. The third-order valence-corrected chi connectivity index (χ3v) is 3.60. The van der Waals surface area contributed by atoms with Gasteiger partial charge in [0.15, 0.2) is 0 Å². The van der Waals surface area contributed by atoms with E-state index in [1.54, 1.807) is 0 Å². The molecule has 1 N–H and O–H groups in total. The van der Waals surface area contributed by atoms with Crippen LogP contribution in [0, 0.1) is 5.92 Å². The molecular weight excluding hydrogens is 182 g/mol. The molecule has 0 aliphatic heterocycles. The molecule has 1 nitrogen and oxygen atoms in total. The predicted octanol–water partition coefficient (Wildman–Crippen LogP) is 3.31. The highest BCUT2D eigenvalue weighted by molar-refractivity contribution is 5.34. The molecule has 1 aromatic carbocycles. The molecule has 0 heterocycles. The summed E-state index contributed by atoms with van der Waals surface area (Å²) in [6, 6.07) is 10.0. The van der Waals surface area contributed by atoms with E-state index in [0.29, 0.717) is 18.0 Å². The van der Waals surface area contributed by atoms with Gasteiger partial charge in [-0.05, 0) is 36.8 Å². The molecule has 0 aromatic heterocycles. The molecule has 15 heavy (non-hydrogen) atoms. The van der Waals surface area contributed by atoms with Gasteiger partial charge in [0.2, 0.25) is 0 Å². The molecular formula is C14H21N. The van der Waals surface area contributed by atoms with Crippen molar-refractivity contribution in [3.05, 3.63) is 35.4 Å². The summed E-state index contributed by atoms with van der Waals surface area (Å²) in [5, 5.41) is 3.73. The van der Waals surface area contributed by atoms with Crippen LogP contribution in [-0.2, 0) is 6.42 Å². The number of fused-ring (bicyclic) bond motifs is 1. The number of nitrogens with one attached hydrogen (secondary N) is 1. The smallest absolute Gasteiger partial charge is 0.0328 e. The lowest BCUT2D eigenvalue weighted by molar-refractivity contribution is 0.375. The molecule has 0 unspecified atom stereocenters. The maximum atomic E-state index is 3.73. The molecule has 2 atom stereocenters. The maximum absolute atomic E-state index is 3.73. The van der Waals surface area contributed by atoms with Crippen molar-refractivity contribution in [1.29, 1.82) is 0 Å². The van der Waals surface area contributed by atoms with Crippen LogP contribution in [0.2, 0.25) is 0 Å². The van der Waals surface area contributed by atoms with Crippen molar-refractivity contribution >= 4 is 0 Å². The van der Waals surface area contributed by atoms with Crippen LogP contribution in [0.25, 0.3) is 0 Å². The zero-order valence-corrected chi connectivity index (χ0v) is 9.96. The Bertz CT molecular complexity index is 330. The lowest BCUT2D eigenvalue weighted by Gasteiger charge is -2.23. The zero-order valence-electron chi connectivity index (χ0n) is 9.96. The van der Waals surface area contributed by atoms with Crippen LogP contribution in [0.5, 0.6) is 0 Å². The van der Waals surface area contributed by atoms with Gasteiger partial charge in [-0.15, -0.1) is 0 Å². The van der Waals surface area contributed by atoms with Crippen LogP contribution in [-0.4, -0.2) is 6.04 Å². The summed E-state index contributed by atoms with van der Waals surface area (Å²) in [4.78, 5) is 0. The molecule has 0 spiro atoms. The minimum Gasteiger partial charge on any atom is -0.307 e. The van der Waals surface area contributed by atoms with Gasteiger partial charge in [-0.1, -0.05) is 38.1 Å². The average Bonchev–Trinajstić information content (AvgIpc) is 2.62. The van der Waals surface area contributed by atoms with Gasteiger partial charge in [0.1, 0.15) is 0 Å². The van der Waals surface area contributed by atoms with E-state index in [9.17, 15) is 0 Å². The van der Waals surface area contributed by atoms with E-state index in [1.165, 1.54) is 24.0 Å². The van der Waals surface area contributed by atoms with E-state index in [0.717, 1.165) is 0 Å². The number of hydrogen-bond donors (Lipinski definition) is 1. The second kappa shape index (κ2) is 4.36. The van der Waals surface area contributed by atoms with E-state index in [1.807, 2.05) is 0 Å². The fraction of sp³-hybridized carbons (Fsp3) is 0.571. The summed E-state index contributed by atoms with van der Waals surface area (Å²) in [5.74, 6) is 0.706. The lowest BCUT2D eigenvalue weighted by atomic mass is 10.0. The fourth-order valence-corrected chi connectivity index (χ4v) is 2.24. The summed E-state index contributed by atoms with van der Waals surface area (Å²) in [6.07, 6.45) is 2.50. The van der Waals surface area contributed by atoms with E-state index in [4.69, 9.17) is 0 Å². The van der Waals surface area contributed by atoms with Gasteiger partial charge in [-0.3, -0.25) is 0 Å². The Kier molecular flexibility index (Phi) is 3.11. The maximum Gasteiger partial charge on any atom is 0.0328 e. The van der Waals surface area contributed by atoms with Crippen molar-refractivity contribution in [2.75, 3.05) is 0 Å². The van der Waals surface area contributed by atoms with Crippen LogP contribution in [0.4, 0.5) is 0 Å². The molecule has 1 aromatic rings. The van der Waals surface area contributed by atoms with E-state index in [-0.39, 0.29) is 0 Å². The Morgan fingerprint density at radius 3 is 2.67 bits per heavy atom. The molecule has 1 aliphatic carbocycles. The molecule has 1 heteroatoms. The predicted molar refractivity (Wildman–Crippen MR) is 64.9 cm³/mol. The molecule has 0 radical (unpaired) electrons. The van der Waals surface area contributed by atoms with Gasteiger partial charge < -0.3 is 5.32 Å². The molecule has 0 saturated heterocycles. The van der Waals surface area contributed by atoms with Crippen LogP contribution < -0.4 is 5.32 Å². The third-order valence-electron chi connectivity index (χ3n) is 3.60. The number of hydrogen-bond acceptors (Lipinski definition) is 1. The van der Waals surface area contributed by atoms with Crippen molar-refractivity contribution in [3.8, 4) is 0 Å². The first-order valence-electron chi connectivity index (χ1n) is 6.02. The highest BCUT2D eigenvalue weighted by Gasteiger charge is 2.23. The minimum atomic E-state index is 0.582. The zero-order chi connectivity index (χ0) is 10.8. The number of aryl methyl sites for hydroxylation is 1. The van der Waals surface area contributed by atoms with Crippen molar-refractivity contribution in [2.24, 2.45) is 5.92 Å². The standard InChI is InChI=1S/C14H21N/c1-10(2)11(3)15-14-9-8-12-6-4-5-7-13(12)14/h4-7,10-11,14-15H,8-9H2,1-3H3/t11-,14-/m0/s1. The van der Waals surface area contributed by atoms with Crippen molar-refractivity contribution in [2.45, 2.75) is 45.7 Å². The second-order valence-electron chi connectivity index (χ2n) is 4.99. The van der Waals surface area contributed by atoms with Crippen molar-refractivity contribution < 1.29 is 0 Å². The van der Waals surface area contributed by atoms with Crippen LogP contribution in [0.15, 0.2) is 24.3 Å². The number of benzene rings is 1. The fourth-order valence-electron chi connectivity index (χ4n) is 2.24. The minimum absolute atomic E-state index is 0.582. The summed E-state index contributed by atoms with van der Waals surface area (Å²) < 4.78 is 0. The van der Waals surface area contributed by atoms with Gasteiger partial charge in [-0.25, -0.2) is 0 Å². The Labute approximate surface area is 92.9 Å². The topological polar surface area (TPSA) is 12.0 Å². The Morgan fingerprint density at radius 1 is 1.20 bits per heavy atom. The second-order valence-corrected chi connectivity index (χ2v) is 4.99. The summed E-state index contributed by atoms with van der Waals surface area (Å²) in [5.41, 5.74) is 3.05. The van der Waals surface area contributed by atoms with E-state index >= 15 is 0 Å². The van der Waals surface area contributed by atoms with Crippen molar-refractivity contribution in [3.63, 3.8) is 0 Å². The monoisotopic (exact) mass is 203 g/mol. The molecule has 2 rings (SSSR count). The Balaban J connectivity index is 2.08. The van der Waals surface area contributed by atoms with E-state index in [2.05, 4.69) is 50.4 Å². The summed E-state index contributed by atoms with van der Waals surface area (Å²) >= 11 is 0. The summed E-state index contributed by atoms with van der Waals surface area (Å²) in [7, 11) is 0. The lowest BCUT2D eigenvalue weighted by Crippen LogP contribution is -2.33. The molecule has 0 fully saturated rings. The normalized spacial score (nSPS) is 21.7. The highest BCUT2D eigenvalue weighted by Crippen LogP contribution is 2.31. The highest BCUT2D eigenvalue weighted by atomic mass is 15.0. The first-order valence-corrected chi connectivity index (χ1v) is 6.02. The van der Waals surface area contributed by atoms with Gasteiger partial charge in [-0.2, -0.15) is 0 Å². The number of rotatable bonds is 3. The van der Waals surface area contributed by atoms with Gasteiger partial charge in [0, 0.05) is 12.1 Å². The molecule has 0 amide bonds. The first kappa shape index (κ1) is 10.7. The largest absolute Gasteiger partial charge is 0.307 e. The molecule has 1 aliphatic rings. The average molecular weight is 203 g/mol. The quantitative estimate of drug-likeness (QED) is 0.794. The summed E-state index contributed by atoms with van der Waals surface area (Å²) in [6.45, 7) is 6.84. The Morgan fingerprint density at radius 2 is 1.93 bits per heavy atom. The van der Waals surface area contributed by atoms with Crippen LogP contribution in [0.3, 0.4) is 0 Å². The first-order chi connectivity index (χ1) is 7.18. The van der Waals surface area contributed by atoms with Crippen LogP contribution in [0.1, 0.15) is 44.4 Å². The van der Waals surface area contributed by atoms with Gasteiger partial charge >= 0.3 is 0 Å². The molecule has 82 valence electrons. The Hall–Kier alpha value is -0.820. The van der Waals surface area contributed by atoms with Crippen LogP contribution >= 0.6 is 0 Å².